The molecule has 1 saturated heterocycles. The van der Waals surface area contributed by atoms with Gasteiger partial charge in [0.25, 0.3) is 0 Å². The summed E-state index contributed by atoms with van der Waals surface area (Å²) < 4.78 is 0. The average molecular weight is 357 g/mol. The van der Waals surface area contributed by atoms with Crippen LogP contribution in [0.1, 0.15) is 30.5 Å². The molecule has 0 radical (unpaired) electrons. The molecule has 1 N–H and O–H groups in total. The summed E-state index contributed by atoms with van der Waals surface area (Å²) in [5.74, 6) is -0.474. The van der Waals surface area contributed by atoms with E-state index < -0.39 is 0 Å². The molecule has 3 rings (SSSR count). The zero-order valence-corrected chi connectivity index (χ0v) is 15.1. The Balaban J connectivity index is 1.69. The van der Waals surface area contributed by atoms with Gasteiger partial charge in [-0.3, -0.25) is 9.59 Å². The topological polar surface area (TPSA) is 49.4 Å². The van der Waals surface area contributed by atoms with Crippen molar-refractivity contribution in [2.45, 2.75) is 26.3 Å². The molecule has 1 aliphatic rings. The number of halogens is 1. The quantitative estimate of drug-likeness (QED) is 0.892. The summed E-state index contributed by atoms with van der Waals surface area (Å²) in [4.78, 5) is 26.8. The molecule has 2 aromatic rings. The van der Waals surface area contributed by atoms with Gasteiger partial charge in [-0.15, -0.1) is 0 Å². The van der Waals surface area contributed by atoms with Crippen molar-refractivity contribution in [2.24, 2.45) is 5.92 Å². The first-order chi connectivity index (χ1) is 12.0. The molecule has 1 heterocycles. The maximum absolute atomic E-state index is 12.6. The smallest absolute Gasteiger partial charge is 0.229 e. The minimum absolute atomic E-state index is 0.0133. The minimum atomic E-state index is -0.350. The summed E-state index contributed by atoms with van der Waals surface area (Å²) in [6, 6.07) is 15.2. The highest BCUT2D eigenvalue weighted by Crippen LogP contribution is 2.30. The molecule has 2 aromatic carbocycles. The van der Waals surface area contributed by atoms with Crippen molar-refractivity contribution in [1.29, 1.82) is 0 Å². The zero-order valence-electron chi connectivity index (χ0n) is 14.3. The summed E-state index contributed by atoms with van der Waals surface area (Å²) in [6.07, 6.45) is 0.239. The number of benzene rings is 2. The minimum Gasteiger partial charge on any atom is -0.335 e. The van der Waals surface area contributed by atoms with Gasteiger partial charge in [-0.05, 0) is 37.1 Å². The Morgan fingerprint density at radius 1 is 1.20 bits per heavy atom. The standard InChI is InChI=1S/C20H21ClN2O2/c1-13-17(21)9-6-10-18(13)22-20(25)16-11-19(24)23(12-16)14(2)15-7-4-3-5-8-15/h3-10,14,16H,11-12H2,1-2H3,(H,22,25)/t14-,16-/m0/s1. The van der Waals surface area contributed by atoms with Crippen LogP contribution in [0.15, 0.2) is 48.5 Å². The molecular formula is C20H21ClN2O2. The van der Waals surface area contributed by atoms with Crippen LogP contribution >= 0.6 is 11.6 Å². The van der Waals surface area contributed by atoms with Gasteiger partial charge in [-0.25, -0.2) is 0 Å². The van der Waals surface area contributed by atoms with Gasteiger partial charge >= 0.3 is 0 Å². The molecule has 0 saturated carbocycles. The molecular weight excluding hydrogens is 336 g/mol. The summed E-state index contributed by atoms with van der Waals surface area (Å²) in [7, 11) is 0. The lowest BCUT2D eigenvalue weighted by atomic mass is 10.1. The molecule has 1 aliphatic heterocycles. The third-order valence-corrected chi connectivity index (χ3v) is 5.21. The third-order valence-electron chi connectivity index (χ3n) is 4.80. The predicted molar refractivity (Wildman–Crippen MR) is 99.5 cm³/mol. The summed E-state index contributed by atoms with van der Waals surface area (Å²) >= 11 is 6.10. The number of rotatable bonds is 4. The number of amides is 2. The second kappa shape index (κ2) is 7.28. The van der Waals surface area contributed by atoms with Crippen molar-refractivity contribution in [3.63, 3.8) is 0 Å². The van der Waals surface area contributed by atoms with Crippen LogP contribution in [0, 0.1) is 12.8 Å². The van der Waals surface area contributed by atoms with Crippen LogP contribution < -0.4 is 5.32 Å². The Labute approximate surface area is 152 Å². The van der Waals surface area contributed by atoms with E-state index in [0.29, 0.717) is 17.3 Å². The van der Waals surface area contributed by atoms with E-state index in [2.05, 4.69) is 5.32 Å². The molecule has 4 nitrogen and oxygen atoms in total. The monoisotopic (exact) mass is 356 g/mol. The first-order valence-corrected chi connectivity index (χ1v) is 8.75. The van der Waals surface area contributed by atoms with Gasteiger partial charge in [-0.1, -0.05) is 48.0 Å². The fourth-order valence-corrected chi connectivity index (χ4v) is 3.35. The SMILES string of the molecule is Cc1c(Cl)cccc1NC(=O)[C@H]1CC(=O)N([C@@H](C)c2ccccc2)C1. The van der Waals surface area contributed by atoms with E-state index in [4.69, 9.17) is 11.6 Å². The van der Waals surface area contributed by atoms with E-state index in [0.717, 1.165) is 11.1 Å². The predicted octanol–water partition coefficient (Wildman–Crippen LogP) is 4.20. The summed E-state index contributed by atoms with van der Waals surface area (Å²) in [5, 5.41) is 3.52. The van der Waals surface area contributed by atoms with E-state index in [-0.39, 0.29) is 30.2 Å². The van der Waals surface area contributed by atoms with Gasteiger partial charge in [0.05, 0.1) is 12.0 Å². The van der Waals surface area contributed by atoms with E-state index in [1.165, 1.54) is 0 Å². The van der Waals surface area contributed by atoms with E-state index in [9.17, 15) is 9.59 Å². The van der Waals surface area contributed by atoms with Crippen LogP contribution in [0.2, 0.25) is 5.02 Å². The third kappa shape index (κ3) is 3.69. The van der Waals surface area contributed by atoms with Crippen molar-refractivity contribution in [3.8, 4) is 0 Å². The van der Waals surface area contributed by atoms with Gasteiger partial charge in [0, 0.05) is 23.7 Å². The Hall–Kier alpha value is -2.33. The van der Waals surface area contributed by atoms with Crippen molar-refractivity contribution in [1.82, 2.24) is 4.90 Å². The highest BCUT2D eigenvalue weighted by Gasteiger charge is 2.37. The van der Waals surface area contributed by atoms with Gasteiger partial charge in [0.2, 0.25) is 11.8 Å². The van der Waals surface area contributed by atoms with Crippen LogP contribution in [-0.2, 0) is 9.59 Å². The molecule has 0 spiro atoms. The van der Waals surface area contributed by atoms with Crippen molar-refractivity contribution in [3.05, 3.63) is 64.7 Å². The molecule has 0 aliphatic carbocycles. The Morgan fingerprint density at radius 3 is 2.64 bits per heavy atom. The second-order valence-corrected chi connectivity index (χ2v) is 6.84. The summed E-state index contributed by atoms with van der Waals surface area (Å²) in [5.41, 5.74) is 2.60. The van der Waals surface area contributed by atoms with Crippen molar-refractivity contribution >= 4 is 29.1 Å². The van der Waals surface area contributed by atoms with Crippen LogP contribution in [0.25, 0.3) is 0 Å². The molecule has 1 fully saturated rings. The number of carbonyl (C=O) groups is 2. The fourth-order valence-electron chi connectivity index (χ4n) is 3.17. The fraction of sp³-hybridized carbons (Fsp3) is 0.300. The van der Waals surface area contributed by atoms with Crippen LogP contribution in [0.3, 0.4) is 0 Å². The first-order valence-electron chi connectivity index (χ1n) is 8.37. The normalized spacial score (nSPS) is 18.3. The number of hydrogen-bond acceptors (Lipinski definition) is 2. The number of carbonyl (C=O) groups excluding carboxylic acids is 2. The molecule has 25 heavy (non-hydrogen) atoms. The molecule has 2 amide bonds. The number of nitrogens with one attached hydrogen (secondary N) is 1. The van der Waals surface area contributed by atoms with Crippen molar-refractivity contribution in [2.75, 3.05) is 11.9 Å². The van der Waals surface area contributed by atoms with Gasteiger partial charge < -0.3 is 10.2 Å². The van der Waals surface area contributed by atoms with Gasteiger partial charge in [0.15, 0.2) is 0 Å². The molecule has 0 unspecified atom stereocenters. The maximum Gasteiger partial charge on any atom is 0.229 e. The first kappa shape index (κ1) is 17.5. The Kier molecular flexibility index (Phi) is 5.09. The lowest BCUT2D eigenvalue weighted by molar-refractivity contribution is -0.129. The molecule has 0 bridgehead atoms. The zero-order chi connectivity index (χ0) is 18.0. The summed E-state index contributed by atoms with van der Waals surface area (Å²) in [6.45, 7) is 4.29. The Bertz CT molecular complexity index is 792. The molecule has 130 valence electrons. The van der Waals surface area contributed by atoms with Crippen molar-refractivity contribution < 1.29 is 9.59 Å². The average Bonchev–Trinajstić information content (AvgIpc) is 3.01. The Morgan fingerprint density at radius 2 is 1.92 bits per heavy atom. The van der Waals surface area contributed by atoms with Gasteiger partial charge in [-0.2, -0.15) is 0 Å². The van der Waals surface area contributed by atoms with E-state index in [1.807, 2.05) is 50.2 Å². The number of hydrogen-bond donors (Lipinski definition) is 1. The van der Waals surface area contributed by atoms with Crippen LogP contribution in [0.5, 0.6) is 0 Å². The maximum atomic E-state index is 12.6. The van der Waals surface area contributed by atoms with Crippen LogP contribution in [0.4, 0.5) is 5.69 Å². The number of anilines is 1. The molecule has 2 atom stereocenters. The van der Waals surface area contributed by atoms with Gasteiger partial charge in [0.1, 0.15) is 0 Å². The van der Waals surface area contributed by atoms with E-state index >= 15 is 0 Å². The number of likely N-dealkylation sites (tertiary alicyclic amines) is 1. The second-order valence-electron chi connectivity index (χ2n) is 6.44. The highest BCUT2D eigenvalue weighted by atomic mass is 35.5. The largest absolute Gasteiger partial charge is 0.335 e. The number of nitrogens with zero attached hydrogens (tertiary/aromatic N) is 1. The lowest BCUT2D eigenvalue weighted by Gasteiger charge is -2.25. The molecule has 5 heteroatoms. The lowest BCUT2D eigenvalue weighted by Crippen LogP contribution is -2.30. The molecule has 0 aromatic heterocycles. The van der Waals surface area contributed by atoms with E-state index in [1.54, 1.807) is 17.0 Å². The van der Waals surface area contributed by atoms with Crippen LogP contribution in [-0.4, -0.2) is 23.3 Å². The highest BCUT2D eigenvalue weighted by molar-refractivity contribution is 6.31.